The molecule has 0 spiro atoms. The summed E-state index contributed by atoms with van der Waals surface area (Å²) >= 11 is 0. The predicted molar refractivity (Wildman–Crippen MR) is 80.7 cm³/mol. The van der Waals surface area contributed by atoms with Crippen LogP contribution in [0.3, 0.4) is 0 Å². The lowest BCUT2D eigenvalue weighted by atomic mass is 9.95. The minimum atomic E-state index is -0.927. The summed E-state index contributed by atoms with van der Waals surface area (Å²) in [5.74, 6) is 0.125. The van der Waals surface area contributed by atoms with E-state index in [1.54, 1.807) is 18.2 Å². The van der Waals surface area contributed by atoms with Crippen LogP contribution in [0, 0.1) is 0 Å². The van der Waals surface area contributed by atoms with Crippen molar-refractivity contribution < 1.29 is 19.4 Å². The minimum absolute atomic E-state index is 0.142. The fraction of sp³-hybridized carbons (Fsp3) is 0.188. The molecule has 0 aliphatic heterocycles. The molecule has 2 rings (SSSR count). The molecule has 0 radical (unpaired) electrons. The Morgan fingerprint density at radius 3 is 2.38 bits per heavy atom. The third-order valence-electron chi connectivity index (χ3n) is 3.22. The molecular weight excluding hydrogens is 270 g/mol. The van der Waals surface area contributed by atoms with Gasteiger partial charge in [-0.3, -0.25) is 4.79 Å². The van der Waals surface area contributed by atoms with E-state index in [1.165, 1.54) is 14.2 Å². The molecule has 0 amide bonds. The van der Waals surface area contributed by atoms with Gasteiger partial charge in [0.15, 0.2) is 0 Å². The van der Waals surface area contributed by atoms with Crippen LogP contribution in [-0.2, 0) is 11.2 Å². The first-order valence-corrected chi connectivity index (χ1v) is 6.39. The quantitative estimate of drug-likeness (QED) is 0.826. The van der Waals surface area contributed by atoms with Gasteiger partial charge in [0, 0.05) is 11.1 Å². The van der Waals surface area contributed by atoms with Crippen molar-refractivity contribution in [2.24, 2.45) is 0 Å². The van der Waals surface area contributed by atoms with Crippen molar-refractivity contribution in [1.29, 1.82) is 0 Å². The molecule has 0 aromatic heterocycles. The molecule has 0 heterocycles. The number of hydrogen-bond acceptors (Lipinski definition) is 4. The van der Waals surface area contributed by atoms with Crippen LogP contribution in [0.5, 0.6) is 11.5 Å². The molecule has 110 valence electrons. The first-order valence-electron chi connectivity index (χ1n) is 6.39. The average Bonchev–Trinajstić information content (AvgIpc) is 2.46. The molecule has 3 N–H and O–H groups in total. The number of carbonyl (C=O) groups is 1. The highest BCUT2D eigenvalue weighted by Crippen LogP contribution is 2.39. The van der Waals surface area contributed by atoms with Crippen molar-refractivity contribution in [2.45, 2.75) is 6.42 Å². The molecule has 2 aromatic carbocycles. The van der Waals surface area contributed by atoms with Crippen LogP contribution in [-0.4, -0.2) is 25.3 Å². The highest BCUT2D eigenvalue weighted by atomic mass is 16.5. The van der Waals surface area contributed by atoms with Crippen molar-refractivity contribution in [3.8, 4) is 22.6 Å². The van der Waals surface area contributed by atoms with E-state index in [9.17, 15) is 4.79 Å². The SMILES string of the molecule is COc1cccc(-c2cccc(N)c2OC)c1CC(=O)O. The zero-order valence-corrected chi connectivity index (χ0v) is 11.9. The number of para-hydroxylation sites is 1. The van der Waals surface area contributed by atoms with Gasteiger partial charge in [0.1, 0.15) is 11.5 Å². The maximum absolute atomic E-state index is 11.1. The van der Waals surface area contributed by atoms with Gasteiger partial charge in [-0.15, -0.1) is 0 Å². The second-order valence-corrected chi connectivity index (χ2v) is 4.48. The molecule has 0 saturated carbocycles. The maximum Gasteiger partial charge on any atom is 0.307 e. The summed E-state index contributed by atoms with van der Waals surface area (Å²) in [7, 11) is 3.05. The van der Waals surface area contributed by atoms with Crippen molar-refractivity contribution >= 4 is 11.7 Å². The van der Waals surface area contributed by atoms with Gasteiger partial charge in [-0.25, -0.2) is 0 Å². The van der Waals surface area contributed by atoms with Gasteiger partial charge in [0.25, 0.3) is 0 Å². The normalized spacial score (nSPS) is 10.2. The summed E-state index contributed by atoms with van der Waals surface area (Å²) in [5.41, 5.74) is 8.49. The van der Waals surface area contributed by atoms with E-state index in [4.69, 9.17) is 20.3 Å². The molecule has 0 fully saturated rings. The fourth-order valence-corrected chi connectivity index (χ4v) is 2.34. The molecule has 0 aliphatic rings. The van der Waals surface area contributed by atoms with Gasteiger partial charge in [-0.05, 0) is 17.7 Å². The number of aliphatic carboxylic acids is 1. The molecular formula is C16H17NO4. The van der Waals surface area contributed by atoms with E-state index >= 15 is 0 Å². The molecule has 0 bridgehead atoms. The topological polar surface area (TPSA) is 81.8 Å². The van der Waals surface area contributed by atoms with Crippen LogP contribution < -0.4 is 15.2 Å². The van der Waals surface area contributed by atoms with Crippen LogP contribution in [0.1, 0.15) is 5.56 Å². The van der Waals surface area contributed by atoms with E-state index in [1.807, 2.05) is 18.2 Å². The molecule has 0 atom stereocenters. The van der Waals surface area contributed by atoms with Gasteiger partial charge in [0.2, 0.25) is 0 Å². The predicted octanol–water partition coefficient (Wildman–Crippen LogP) is 2.58. The van der Waals surface area contributed by atoms with Crippen LogP contribution in [0.25, 0.3) is 11.1 Å². The van der Waals surface area contributed by atoms with Gasteiger partial charge in [-0.1, -0.05) is 24.3 Å². The molecule has 0 aliphatic carbocycles. The number of rotatable bonds is 5. The highest BCUT2D eigenvalue weighted by Gasteiger charge is 2.17. The van der Waals surface area contributed by atoms with Crippen molar-refractivity contribution in [3.63, 3.8) is 0 Å². The number of anilines is 1. The lowest BCUT2D eigenvalue weighted by Gasteiger charge is -2.16. The number of nitrogens with two attached hydrogens (primary N) is 1. The lowest BCUT2D eigenvalue weighted by Crippen LogP contribution is -2.05. The summed E-state index contributed by atoms with van der Waals surface area (Å²) in [5, 5.41) is 9.13. The molecule has 0 saturated heterocycles. The van der Waals surface area contributed by atoms with E-state index in [0.717, 1.165) is 11.1 Å². The number of methoxy groups -OCH3 is 2. The summed E-state index contributed by atoms with van der Waals surface area (Å²) in [4.78, 5) is 11.1. The third-order valence-corrected chi connectivity index (χ3v) is 3.22. The second kappa shape index (κ2) is 6.17. The molecule has 5 nitrogen and oxygen atoms in total. The first kappa shape index (κ1) is 14.7. The Morgan fingerprint density at radius 2 is 1.76 bits per heavy atom. The van der Waals surface area contributed by atoms with Crippen molar-refractivity contribution in [1.82, 2.24) is 0 Å². The Hall–Kier alpha value is -2.69. The van der Waals surface area contributed by atoms with E-state index in [2.05, 4.69) is 0 Å². The van der Waals surface area contributed by atoms with Crippen molar-refractivity contribution in [3.05, 3.63) is 42.0 Å². The largest absolute Gasteiger partial charge is 0.496 e. The summed E-state index contributed by atoms with van der Waals surface area (Å²) in [6.45, 7) is 0. The van der Waals surface area contributed by atoms with Crippen LogP contribution in [0.4, 0.5) is 5.69 Å². The van der Waals surface area contributed by atoms with Crippen LogP contribution >= 0.6 is 0 Å². The number of nitrogen functional groups attached to an aromatic ring is 1. The van der Waals surface area contributed by atoms with Gasteiger partial charge in [0.05, 0.1) is 26.3 Å². The molecule has 21 heavy (non-hydrogen) atoms. The Morgan fingerprint density at radius 1 is 1.10 bits per heavy atom. The third kappa shape index (κ3) is 2.91. The summed E-state index contributed by atoms with van der Waals surface area (Å²) < 4.78 is 10.6. The average molecular weight is 287 g/mol. The lowest BCUT2D eigenvalue weighted by molar-refractivity contribution is -0.136. The highest BCUT2D eigenvalue weighted by molar-refractivity contribution is 5.83. The molecule has 0 unspecified atom stereocenters. The van der Waals surface area contributed by atoms with E-state index in [0.29, 0.717) is 22.7 Å². The second-order valence-electron chi connectivity index (χ2n) is 4.48. The Balaban J connectivity index is 2.69. The number of hydrogen-bond donors (Lipinski definition) is 2. The number of ether oxygens (including phenoxy) is 2. The monoisotopic (exact) mass is 287 g/mol. The minimum Gasteiger partial charge on any atom is -0.496 e. The molecule has 2 aromatic rings. The summed E-state index contributed by atoms with van der Waals surface area (Å²) in [6.07, 6.45) is -0.142. The van der Waals surface area contributed by atoms with E-state index in [-0.39, 0.29) is 6.42 Å². The summed E-state index contributed by atoms with van der Waals surface area (Å²) in [6, 6.07) is 10.8. The molecule has 5 heteroatoms. The van der Waals surface area contributed by atoms with Gasteiger partial charge in [-0.2, -0.15) is 0 Å². The first-order chi connectivity index (χ1) is 10.1. The Kier molecular flexibility index (Phi) is 4.33. The van der Waals surface area contributed by atoms with Crippen LogP contribution in [0.15, 0.2) is 36.4 Å². The zero-order chi connectivity index (χ0) is 15.4. The maximum atomic E-state index is 11.1. The van der Waals surface area contributed by atoms with Gasteiger partial charge >= 0.3 is 5.97 Å². The number of carboxylic acid groups (broad SMARTS) is 1. The smallest absolute Gasteiger partial charge is 0.307 e. The Bertz CT molecular complexity index is 667. The van der Waals surface area contributed by atoms with Gasteiger partial charge < -0.3 is 20.3 Å². The zero-order valence-electron chi connectivity index (χ0n) is 11.9. The van der Waals surface area contributed by atoms with E-state index < -0.39 is 5.97 Å². The standard InChI is InChI=1S/C16H17NO4/c1-20-14-8-4-5-10(12(14)9-15(18)19)11-6-3-7-13(17)16(11)21-2/h3-8H,9,17H2,1-2H3,(H,18,19). The number of benzene rings is 2. The van der Waals surface area contributed by atoms with Crippen LogP contribution in [0.2, 0.25) is 0 Å². The fourth-order valence-electron chi connectivity index (χ4n) is 2.34. The van der Waals surface area contributed by atoms with Crippen molar-refractivity contribution in [2.75, 3.05) is 20.0 Å². The Labute approximate surface area is 122 Å². The number of carboxylic acids is 1.